The van der Waals surface area contributed by atoms with Crippen LogP contribution in [0.15, 0.2) is 42.7 Å². The number of rotatable bonds is 3. The first-order chi connectivity index (χ1) is 11.1. The van der Waals surface area contributed by atoms with Gasteiger partial charge in [-0.2, -0.15) is 0 Å². The SMILES string of the molecule is O[C@@H]1[C@@H](O)[C@H](Oc2cncc(-c3ccccc3F)c2)SC[C@H]1O. The van der Waals surface area contributed by atoms with E-state index in [0.29, 0.717) is 16.9 Å². The number of hydrogen-bond acceptors (Lipinski definition) is 6. The maximum atomic E-state index is 13.8. The van der Waals surface area contributed by atoms with E-state index in [-0.39, 0.29) is 11.6 Å². The van der Waals surface area contributed by atoms with E-state index in [0.717, 1.165) is 0 Å². The summed E-state index contributed by atoms with van der Waals surface area (Å²) < 4.78 is 19.5. The summed E-state index contributed by atoms with van der Waals surface area (Å²) in [5.74, 6) is 0.242. The molecule has 3 rings (SSSR count). The molecule has 0 aliphatic carbocycles. The minimum Gasteiger partial charge on any atom is -0.475 e. The molecule has 23 heavy (non-hydrogen) atoms. The fourth-order valence-electron chi connectivity index (χ4n) is 2.34. The van der Waals surface area contributed by atoms with Gasteiger partial charge in [-0.25, -0.2) is 4.39 Å². The second kappa shape index (κ2) is 6.84. The van der Waals surface area contributed by atoms with Crippen molar-refractivity contribution in [3.8, 4) is 16.9 Å². The molecule has 2 aromatic rings. The summed E-state index contributed by atoms with van der Waals surface area (Å²) in [5, 5.41) is 29.2. The maximum absolute atomic E-state index is 13.8. The van der Waals surface area contributed by atoms with Gasteiger partial charge in [0.1, 0.15) is 23.8 Å². The number of aliphatic hydroxyl groups is 3. The number of halogens is 1. The second-order valence-electron chi connectivity index (χ2n) is 5.26. The summed E-state index contributed by atoms with van der Waals surface area (Å²) in [7, 11) is 0. The Bertz CT molecular complexity index is 687. The first kappa shape index (κ1) is 16.2. The highest BCUT2D eigenvalue weighted by atomic mass is 32.2. The standard InChI is InChI=1S/C16H16FNO4S/c17-12-4-2-1-3-11(12)9-5-10(7-18-6-9)22-16-15(21)14(20)13(19)8-23-16/h1-7,13-16,19-21H,8H2/t13-,14+,15-,16-/m1/s1. The van der Waals surface area contributed by atoms with Crippen LogP contribution < -0.4 is 4.74 Å². The first-order valence-electron chi connectivity index (χ1n) is 7.08. The minimum absolute atomic E-state index is 0.253. The zero-order valence-corrected chi connectivity index (χ0v) is 12.9. The molecule has 1 aromatic heterocycles. The molecule has 7 heteroatoms. The van der Waals surface area contributed by atoms with Gasteiger partial charge in [-0.15, -0.1) is 11.8 Å². The van der Waals surface area contributed by atoms with Crippen LogP contribution in [0.3, 0.4) is 0 Å². The van der Waals surface area contributed by atoms with E-state index < -0.39 is 23.7 Å². The third kappa shape index (κ3) is 3.48. The van der Waals surface area contributed by atoms with Gasteiger partial charge < -0.3 is 20.1 Å². The lowest BCUT2D eigenvalue weighted by molar-refractivity contribution is -0.0786. The van der Waals surface area contributed by atoms with Gasteiger partial charge in [0.25, 0.3) is 0 Å². The van der Waals surface area contributed by atoms with E-state index >= 15 is 0 Å². The van der Waals surface area contributed by atoms with Crippen molar-refractivity contribution in [1.82, 2.24) is 4.98 Å². The fourth-order valence-corrected chi connectivity index (χ4v) is 3.46. The first-order valence-corrected chi connectivity index (χ1v) is 8.13. The minimum atomic E-state index is -1.26. The fraction of sp³-hybridized carbons (Fsp3) is 0.312. The maximum Gasteiger partial charge on any atom is 0.173 e. The molecule has 1 saturated heterocycles. The zero-order valence-electron chi connectivity index (χ0n) is 12.0. The number of benzene rings is 1. The second-order valence-corrected chi connectivity index (χ2v) is 6.39. The Morgan fingerprint density at radius 3 is 2.70 bits per heavy atom. The van der Waals surface area contributed by atoms with E-state index in [1.807, 2.05) is 0 Å². The molecule has 0 unspecified atom stereocenters. The van der Waals surface area contributed by atoms with E-state index in [4.69, 9.17) is 4.74 Å². The van der Waals surface area contributed by atoms with Crippen LogP contribution in [0, 0.1) is 5.82 Å². The largest absolute Gasteiger partial charge is 0.475 e. The third-order valence-corrected chi connectivity index (χ3v) is 4.84. The molecular formula is C16H16FNO4S. The van der Waals surface area contributed by atoms with Gasteiger partial charge in [0.05, 0.1) is 12.3 Å². The van der Waals surface area contributed by atoms with Gasteiger partial charge in [0.2, 0.25) is 0 Å². The number of hydrogen-bond donors (Lipinski definition) is 3. The molecule has 5 nitrogen and oxygen atoms in total. The van der Waals surface area contributed by atoms with Crippen molar-refractivity contribution >= 4 is 11.8 Å². The summed E-state index contributed by atoms with van der Waals surface area (Å²) in [4.78, 5) is 4.03. The molecule has 122 valence electrons. The molecule has 2 heterocycles. The number of aliphatic hydroxyl groups excluding tert-OH is 3. The summed E-state index contributed by atoms with van der Waals surface area (Å²) in [5.41, 5.74) is 0.223. The summed E-state index contributed by atoms with van der Waals surface area (Å²) >= 11 is 1.20. The average molecular weight is 337 g/mol. The van der Waals surface area contributed by atoms with Crippen LogP contribution in [0.25, 0.3) is 11.1 Å². The zero-order chi connectivity index (χ0) is 16.4. The lowest BCUT2D eigenvalue weighted by Gasteiger charge is -2.34. The normalized spacial score (nSPS) is 27.7. The molecule has 4 atom stereocenters. The smallest absolute Gasteiger partial charge is 0.173 e. The molecule has 0 saturated carbocycles. The predicted octanol–water partition coefficient (Wildman–Crippen LogP) is 1.42. The quantitative estimate of drug-likeness (QED) is 0.786. The third-order valence-electron chi connectivity index (χ3n) is 3.60. The number of ether oxygens (including phenoxy) is 1. The van der Waals surface area contributed by atoms with Crippen molar-refractivity contribution in [2.75, 3.05) is 5.75 Å². The Morgan fingerprint density at radius 2 is 1.91 bits per heavy atom. The van der Waals surface area contributed by atoms with E-state index in [1.54, 1.807) is 24.3 Å². The van der Waals surface area contributed by atoms with Crippen molar-refractivity contribution in [1.29, 1.82) is 0 Å². The van der Waals surface area contributed by atoms with Crippen LogP contribution in [-0.2, 0) is 0 Å². The molecule has 0 bridgehead atoms. The Morgan fingerprint density at radius 1 is 1.13 bits per heavy atom. The number of aromatic nitrogens is 1. The summed E-state index contributed by atoms with van der Waals surface area (Å²) in [6.07, 6.45) is -0.494. The Balaban J connectivity index is 1.80. The lowest BCUT2D eigenvalue weighted by Crippen LogP contribution is -2.50. The van der Waals surface area contributed by atoms with Crippen molar-refractivity contribution in [3.05, 3.63) is 48.5 Å². The predicted molar refractivity (Wildman–Crippen MR) is 84.5 cm³/mol. The van der Waals surface area contributed by atoms with Gasteiger partial charge in [-0.3, -0.25) is 4.98 Å². The van der Waals surface area contributed by atoms with Gasteiger partial charge in [0.15, 0.2) is 5.44 Å². The average Bonchev–Trinajstić information content (AvgIpc) is 2.56. The topological polar surface area (TPSA) is 82.8 Å². The summed E-state index contributed by atoms with van der Waals surface area (Å²) in [6.45, 7) is 0. The Kier molecular flexibility index (Phi) is 4.82. The van der Waals surface area contributed by atoms with Gasteiger partial charge in [-0.05, 0) is 12.1 Å². The Hall–Kier alpha value is -1.67. The molecule has 0 amide bonds. The van der Waals surface area contributed by atoms with E-state index in [9.17, 15) is 19.7 Å². The molecule has 1 aliphatic rings. The molecular weight excluding hydrogens is 321 g/mol. The van der Waals surface area contributed by atoms with Crippen LogP contribution in [0.2, 0.25) is 0 Å². The number of nitrogens with zero attached hydrogens (tertiary/aromatic N) is 1. The van der Waals surface area contributed by atoms with Crippen LogP contribution in [0.1, 0.15) is 0 Å². The highest BCUT2D eigenvalue weighted by Crippen LogP contribution is 2.31. The van der Waals surface area contributed by atoms with Crippen molar-refractivity contribution in [2.45, 2.75) is 23.7 Å². The molecule has 3 N–H and O–H groups in total. The van der Waals surface area contributed by atoms with Crippen molar-refractivity contribution in [3.63, 3.8) is 0 Å². The van der Waals surface area contributed by atoms with Gasteiger partial charge >= 0.3 is 0 Å². The van der Waals surface area contributed by atoms with Crippen molar-refractivity contribution < 1.29 is 24.4 Å². The number of thioether (sulfide) groups is 1. The summed E-state index contributed by atoms with van der Waals surface area (Å²) in [6, 6.07) is 7.96. The van der Waals surface area contributed by atoms with E-state index in [1.165, 1.54) is 30.2 Å². The highest BCUT2D eigenvalue weighted by molar-refractivity contribution is 7.99. The van der Waals surface area contributed by atoms with Crippen LogP contribution in [0.5, 0.6) is 5.75 Å². The Labute approximate surface area is 136 Å². The molecule has 1 fully saturated rings. The van der Waals surface area contributed by atoms with Crippen LogP contribution in [0.4, 0.5) is 4.39 Å². The monoisotopic (exact) mass is 337 g/mol. The molecule has 0 spiro atoms. The molecule has 1 aromatic carbocycles. The lowest BCUT2D eigenvalue weighted by atomic mass is 10.1. The molecule has 0 radical (unpaired) electrons. The number of pyridine rings is 1. The van der Waals surface area contributed by atoms with Gasteiger partial charge in [0, 0.05) is 23.1 Å². The van der Waals surface area contributed by atoms with Crippen molar-refractivity contribution in [2.24, 2.45) is 0 Å². The van der Waals surface area contributed by atoms with Crippen LogP contribution >= 0.6 is 11.8 Å². The highest BCUT2D eigenvalue weighted by Gasteiger charge is 2.38. The van der Waals surface area contributed by atoms with Crippen LogP contribution in [-0.4, -0.2) is 49.8 Å². The van der Waals surface area contributed by atoms with Gasteiger partial charge in [-0.1, -0.05) is 18.2 Å². The molecule has 1 aliphatic heterocycles. The van der Waals surface area contributed by atoms with E-state index in [2.05, 4.69) is 4.98 Å².